The largest absolute Gasteiger partial charge is 0.548 e. The number of hydrogen-bond donors (Lipinski definition) is 1. The number of aryl methyl sites for hydroxylation is 2. The molecular weight excluding hydrogens is 514 g/mol. The second-order valence-corrected chi connectivity index (χ2v) is 8.56. The van der Waals surface area contributed by atoms with E-state index >= 15 is 0 Å². The lowest BCUT2D eigenvalue weighted by Gasteiger charge is -2.28. The lowest BCUT2D eigenvalue weighted by Crippen LogP contribution is -2.44. The molecule has 0 saturated heterocycles. The smallest absolute Gasteiger partial charge is 0.143 e. The zero-order chi connectivity index (χ0) is 28.9. The number of carbonyl (C=O) groups excluding carboxylic acids is 4. The molecule has 2 N–H and O–H groups in total. The molecule has 0 spiro atoms. The second-order valence-electron chi connectivity index (χ2n) is 8.56. The molecule has 13 heteroatoms. The van der Waals surface area contributed by atoms with Crippen LogP contribution in [-0.4, -0.2) is 69.8 Å². The average molecular weight is 544 g/mol. The van der Waals surface area contributed by atoms with Crippen LogP contribution in [0.3, 0.4) is 0 Å². The maximum absolute atomic E-state index is 11.2. The number of carbonyl (C=O) groups is 4. The van der Waals surface area contributed by atoms with Crippen LogP contribution in [0.25, 0.3) is 0 Å². The van der Waals surface area contributed by atoms with Crippen molar-refractivity contribution in [3.63, 3.8) is 0 Å². The number of anilines is 2. The number of nitrogens with zero attached hydrogens (tertiary/aromatic N) is 2. The Balaban J connectivity index is 2.26. The van der Waals surface area contributed by atoms with E-state index in [9.17, 15) is 39.6 Å². The first-order chi connectivity index (χ1) is 18.5. The molecule has 0 heterocycles. The summed E-state index contributed by atoms with van der Waals surface area (Å²) in [5.74, 6) is -5.61. The van der Waals surface area contributed by atoms with Crippen molar-refractivity contribution in [1.29, 1.82) is 0 Å². The summed E-state index contributed by atoms with van der Waals surface area (Å²) < 4.78 is 11.6. The summed E-state index contributed by atoms with van der Waals surface area (Å²) >= 11 is 0. The van der Waals surface area contributed by atoms with E-state index in [2.05, 4.69) is 0 Å². The maximum Gasteiger partial charge on any atom is 0.143 e. The third kappa shape index (κ3) is 10.4. The van der Waals surface area contributed by atoms with E-state index in [-0.39, 0.29) is 36.1 Å². The molecule has 0 amide bonds. The Bertz CT molecular complexity index is 1140. The van der Waals surface area contributed by atoms with Crippen LogP contribution in [0, 0.1) is 6.92 Å². The van der Waals surface area contributed by atoms with Gasteiger partial charge in [0.15, 0.2) is 0 Å². The summed E-state index contributed by atoms with van der Waals surface area (Å²) in [4.78, 5) is 46.8. The highest BCUT2D eigenvalue weighted by Crippen LogP contribution is 2.31. The van der Waals surface area contributed by atoms with Gasteiger partial charge in [-0.3, -0.25) is 0 Å². The van der Waals surface area contributed by atoms with Gasteiger partial charge in [-0.25, -0.2) is 0 Å². The van der Waals surface area contributed by atoms with Crippen molar-refractivity contribution in [3.05, 3.63) is 47.5 Å². The SMILES string of the molecule is Cc1ccc(N(CC(=O)[O-])CC(=O)[O-])c(OCCOc2cc(CCCN)ccc2N(CC(=O)[O-])CC(=O)[O-])c1. The Hall–Kier alpha value is -4.52. The van der Waals surface area contributed by atoms with Gasteiger partial charge in [0.2, 0.25) is 0 Å². The molecule has 2 rings (SSSR count). The minimum atomic E-state index is -1.50. The molecule has 0 aliphatic heterocycles. The van der Waals surface area contributed by atoms with Gasteiger partial charge in [-0.05, 0) is 61.7 Å². The van der Waals surface area contributed by atoms with E-state index in [1.807, 2.05) is 0 Å². The molecule has 0 bridgehead atoms. The molecule has 212 valence electrons. The highest BCUT2D eigenvalue weighted by Gasteiger charge is 2.16. The molecule has 39 heavy (non-hydrogen) atoms. The molecule has 0 atom stereocenters. The third-order valence-corrected chi connectivity index (χ3v) is 5.37. The fourth-order valence-corrected chi connectivity index (χ4v) is 3.77. The van der Waals surface area contributed by atoms with Crippen molar-refractivity contribution in [1.82, 2.24) is 0 Å². The Kier molecular flexibility index (Phi) is 11.8. The standard InChI is InChI=1S/C26H33N3O10/c1-17-4-6-19(28(13-23(30)31)14-24(32)33)21(11-17)38-9-10-39-22-12-18(3-2-8-27)5-7-20(22)29(15-25(34)35)16-26(36)37/h4-7,11-12H,2-3,8-10,13-16,27H2,1H3,(H,30,31)(H,32,33)(H,34,35)(H,36,37)/p-4. The highest BCUT2D eigenvalue weighted by atomic mass is 16.5. The molecule has 0 aromatic heterocycles. The number of rotatable bonds is 18. The summed E-state index contributed by atoms with van der Waals surface area (Å²) in [5, 5.41) is 44.8. The number of benzene rings is 2. The first kappa shape index (κ1) is 30.7. The monoisotopic (exact) mass is 543 g/mol. The predicted octanol–water partition coefficient (Wildman–Crippen LogP) is -4.04. The first-order valence-electron chi connectivity index (χ1n) is 12.0. The summed E-state index contributed by atoms with van der Waals surface area (Å²) in [6.45, 7) is -0.841. The second kappa shape index (κ2) is 15.0. The first-order valence-corrected chi connectivity index (χ1v) is 12.0. The molecule has 0 fully saturated rings. The summed E-state index contributed by atoms with van der Waals surface area (Å²) in [7, 11) is 0. The van der Waals surface area contributed by atoms with E-state index < -0.39 is 50.1 Å². The van der Waals surface area contributed by atoms with E-state index in [0.29, 0.717) is 19.4 Å². The van der Waals surface area contributed by atoms with Crippen LogP contribution < -0.4 is 45.4 Å². The van der Waals surface area contributed by atoms with Crippen LogP contribution in [0.2, 0.25) is 0 Å². The molecular formula is C26H29N3O10-4. The van der Waals surface area contributed by atoms with Gasteiger partial charge in [-0.2, -0.15) is 0 Å². The van der Waals surface area contributed by atoms with Gasteiger partial charge < -0.3 is 64.6 Å². The molecule has 0 aliphatic carbocycles. The van der Waals surface area contributed by atoms with Gasteiger partial charge in [0.05, 0.1) is 61.4 Å². The van der Waals surface area contributed by atoms with Crippen LogP contribution in [-0.2, 0) is 25.6 Å². The molecule has 0 saturated carbocycles. The van der Waals surface area contributed by atoms with Gasteiger partial charge in [0.25, 0.3) is 0 Å². The average Bonchev–Trinajstić information content (AvgIpc) is 2.83. The Morgan fingerprint density at radius 3 is 1.59 bits per heavy atom. The van der Waals surface area contributed by atoms with Crippen LogP contribution in [0.15, 0.2) is 36.4 Å². The summed E-state index contributed by atoms with van der Waals surface area (Å²) in [6, 6.07) is 9.63. The normalized spacial score (nSPS) is 10.5. The lowest BCUT2D eigenvalue weighted by molar-refractivity contribution is -0.307. The van der Waals surface area contributed by atoms with Crippen molar-refractivity contribution in [2.75, 3.05) is 55.7 Å². The van der Waals surface area contributed by atoms with Gasteiger partial charge in [-0.1, -0.05) is 12.1 Å². The number of aliphatic carboxylic acids is 4. The Labute approximate surface area is 225 Å². The number of carboxylic acids is 4. The molecule has 0 radical (unpaired) electrons. The number of nitrogens with two attached hydrogens (primary N) is 1. The Morgan fingerprint density at radius 2 is 1.15 bits per heavy atom. The minimum Gasteiger partial charge on any atom is -0.548 e. The zero-order valence-corrected chi connectivity index (χ0v) is 21.4. The molecule has 13 nitrogen and oxygen atoms in total. The molecule has 2 aromatic rings. The third-order valence-electron chi connectivity index (χ3n) is 5.37. The molecule has 0 unspecified atom stereocenters. The lowest BCUT2D eigenvalue weighted by atomic mass is 10.1. The number of hydrogen-bond acceptors (Lipinski definition) is 13. The number of ether oxygens (including phenoxy) is 2. The topological polar surface area (TPSA) is 211 Å². The Morgan fingerprint density at radius 1 is 0.718 bits per heavy atom. The van der Waals surface area contributed by atoms with E-state index in [1.54, 1.807) is 31.2 Å². The van der Waals surface area contributed by atoms with E-state index in [1.165, 1.54) is 12.1 Å². The summed E-state index contributed by atoms with van der Waals surface area (Å²) in [6.07, 6.45) is 1.28. The zero-order valence-electron chi connectivity index (χ0n) is 21.4. The van der Waals surface area contributed by atoms with Gasteiger partial charge >= 0.3 is 0 Å². The van der Waals surface area contributed by atoms with Gasteiger partial charge in [0, 0.05) is 0 Å². The fourth-order valence-electron chi connectivity index (χ4n) is 3.77. The quantitative estimate of drug-likeness (QED) is 0.178. The molecule has 2 aromatic carbocycles. The minimum absolute atomic E-state index is 0.0889. The van der Waals surface area contributed by atoms with Gasteiger partial charge in [-0.15, -0.1) is 0 Å². The van der Waals surface area contributed by atoms with Gasteiger partial charge in [0.1, 0.15) is 24.7 Å². The van der Waals surface area contributed by atoms with Crippen LogP contribution in [0.4, 0.5) is 11.4 Å². The van der Waals surface area contributed by atoms with E-state index in [4.69, 9.17) is 15.2 Å². The van der Waals surface area contributed by atoms with Crippen molar-refractivity contribution >= 4 is 35.3 Å². The van der Waals surface area contributed by atoms with Crippen LogP contribution in [0.1, 0.15) is 17.5 Å². The van der Waals surface area contributed by atoms with E-state index in [0.717, 1.165) is 20.9 Å². The number of carboxylic acid groups (broad SMARTS) is 4. The molecule has 0 aliphatic rings. The predicted molar refractivity (Wildman–Crippen MR) is 130 cm³/mol. The van der Waals surface area contributed by atoms with Crippen molar-refractivity contribution in [2.24, 2.45) is 5.73 Å². The fraction of sp³-hybridized carbons (Fsp3) is 0.385. The van der Waals surface area contributed by atoms with Crippen molar-refractivity contribution in [3.8, 4) is 11.5 Å². The van der Waals surface area contributed by atoms with Crippen LogP contribution >= 0.6 is 0 Å². The maximum atomic E-state index is 11.2. The van der Waals surface area contributed by atoms with Crippen molar-refractivity contribution in [2.45, 2.75) is 19.8 Å². The summed E-state index contributed by atoms with van der Waals surface area (Å²) in [5.41, 5.74) is 7.53. The highest BCUT2D eigenvalue weighted by molar-refractivity contribution is 5.80. The van der Waals surface area contributed by atoms with Crippen LogP contribution in [0.5, 0.6) is 11.5 Å². The van der Waals surface area contributed by atoms with Crippen molar-refractivity contribution < 1.29 is 49.1 Å².